The molecule has 0 fully saturated rings. The number of aromatic nitrogens is 1. The highest BCUT2D eigenvalue weighted by atomic mass is 16.6. The van der Waals surface area contributed by atoms with Crippen LogP contribution in [-0.4, -0.2) is 33.3 Å². The highest BCUT2D eigenvalue weighted by Crippen LogP contribution is 2.19. The zero-order valence-electron chi connectivity index (χ0n) is 16.1. The Hall–Kier alpha value is -2.37. The summed E-state index contributed by atoms with van der Waals surface area (Å²) in [7, 11) is 0. The van der Waals surface area contributed by atoms with Crippen LogP contribution in [0.5, 0.6) is 0 Å². The number of ether oxygens (including phenoxy) is 2. The van der Waals surface area contributed by atoms with Crippen LogP contribution >= 0.6 is 0 Å². The average Bonchev–Trinajstić information content (AvgIpc) is 2.42. The van der Waals surface area contributed by atoms with Crippen molar-refractivity contribution in [2.45, 2.75) is 66.2 Å². The van der Waals surface area contributed by atoms with Crippen LogP contribution in [0.3, 0.4) is 0 Å². The number of nitrogens with zero attached hydrogens (tertiary/aromatic N) is 2. The van der Waals surface area contributed by atoms with E-state index in [1.54, 1.807) is 60.0 Å². The van der Waals surface area contributed by atoms with Crippen molar-refractivity contribution in [1.82, 2.24) is 9.88 Å². The second-order valence-corrected chi connectivity index (χ2v) is 7.62. The predicted molar refractivity (Wildman–Crippen MR) is 97.0 cm³/mol. The highest BCUT2D eigenvalue weighted by molar-refractivity contribution is 5.88. The number of allylic oxidation sites excluding steroid dienone is 1. The Labute approximate surface area is 149 Å². The minimum atomic E-state index is -0.745. The number of carbonyl (C=O) groups excluding carboxylic acids is 2. The molecule has 138 valence electrons. The zero-order chi connectivity index (χ0) is 19.3. The summed E-state index contributed by atoms with van der Waals surface area (Å²) in [5.74, 6) is 0. The second kappa shape index (κ2) is 8.14. The molecule has 0 unspecified atom stereocenters. The lowest BCUT2D eigenvalue weighted by Crippen LogP contribution is -2.43. The summed E-state index contributed by atoms with van der Waals surface area (Å²) < 4.78 is 10.7. The van der Waals surface area contributed by atoms with Crippen LogP contribution in [0.25, 0.3) is 6.08 Å². The van der Waals surface area contributed by atoms with Gasteiger partial charge in [-0.15, -0.1) is 0 Å². The van der Waals surface area contributed by atoms with E-state index in [4.69, 9.17) is 9.47 Å². The van der Waals surface area contributed by atoms with Gasteiger partial charge in [0.2, 0.25) is 0 Å². The molecule has 0 radical (unpaired) electrons. The summed E-state index contributed by atoms with van der Waals surface area (Å²) in [5, 5.41) is 0. The summed E-state index contributed by atoms with van der Waals surface area (Å²) in [5.41, 5.74) is 0.149. The Morgan fingerprint density at radius 1 is 1.08 bits per heavy atom. The first kappa shape index (κ1) is 20.7. The number of carbonyl (C=O) groups is 2. The number of rotatable bonds is 3. The van der Waals surface area contributed by atoms with Crippen molar-refractivity contribution in [3.63, 3.8) is 0 Å². The zero-order valence-corrected chi connectivity index (χ0v) is 16.1. The van der Waals surface area contributed by atoms with Crippen LogP contribution < -0.4 is 0 Å². The minimum absolute atomic E-state index is 0.0338. The third kappa shape index (κ3) is 7.37. The van der Waals surface area contributed by atoms with E-state index in [2.05, 4.69) is 4.98 Å². The number of hydrogen-bond acceptors (Lipinski definition) is 5. The van der Waals surface area contributed by atoms with Gasteiger partial charge in [0.25, 0.3) is 0 Å². The van der Waals surface area contributed by atoms with Gasteiger partial charge in [0, 0.05) is 12.4 Å². The molecule has 6 nitrogen and oxygen atoms in total. The van der Waals surface area contributed by atoms with E-state index in [1.807, 2.05) is 19.1 Å². The molecule has 0 aliphatic carbocycles. The highest BCUT2D eigenvalue weighted by Gasteiger charge is 2.31. The van der Waals surface area contributed by atoms with E-state index in [0.717, 1.165) is 16.0 Å². The van der Waals surface area contributed by atoms with Gasteiger partial charge in [0.05, 0.1) is 6.54 Å². The maximum Gasteiger partial charge on any atom is 0.420 e. The van der Waals surface area contributed by atoms with Crippen molar-refractivity contribution >= 4 is 18.3 Å². The first-order valence-electron chi connectivity index (χ1n) is 8.22. The lowest BCUT2D eigenvalue weighted by molar-refractivity contribution is -0.000253. The fraction of sp³-hybridized carbons (Fsp3) is 0.526. The van der Waals surface area contributed by atoms with E-state index in [9.17, 15) is 9.59 Å². The van der Waals surface area contributed by atoms with Crippen molar-refractivity contribution in [3.05, 3.63) is 35.7 Å². The van der Waals surface area contributed by atoms with Gasteiger partial charge in [-0.05, 0) is 65.7 Å². The van der Waals surface area contributed by atoms with Gasteiger partial charge in [-0.25, -0.2) is 14.5 Å². The van der Waals surface area contributed by atoms with Crippen molar-refractivity contribution in [2.75, 3.05) is 0 Å². The van der Waals surface area contributed by atoms with Crippen molar-refractivity contribution in [3.8, 4) is 0 Å². The summed E-state index contributed by atoms with van der Waals surface area (Å²) in [6, 6.07) is 1.76. The monoisotopic (exact) mass is 348 g/mol. The maximum absolute atomic E-state index is 12.5. The van der Waals surface area contributed by atoms with Crippen molar-refractivity contribution in [2.24, 2.45) is 0 Å². The molecule has 1 aromatic rings. The van der Waals surface area contributed by atoms with Crippen molar-refractivity contribution in [1.29, 1.82) is 0 Å². The van der Waals surface area contributed by atoms with E-state index in [0.29, 0.717) is 0 Å². The molecule has 1 heterocycles. The number of imide groups is 1. The number of pyridine rings is 1. The lowest BCUT2D eigenvalue weighted by Gasteiger charge is -2.28. The normalized spacial score (nSPS) is 12.1. The molecule has 2 amide bonds. The third-order valence-electron chi connectivity index (χ3n) is 2.85. The molecule has 0 atom stereocenters. The van der Waals surface area contributed by atoms with E-state index in [1.165, 1.54) is 0 Å². The fourth-order valence-corrected chi connectivity index (χ4v) is 1.92. The number of hydrogen-bond donors (Lipinski definition) is 0. The van der Waals surface area contributed by atoms with Gasteiger partial charge in [-0.3, -0.25) is 4.98 Å². The van der Waals surface area contributed by atoms with Gasteiger partial charge in [-0.1, -0.05) is 12.2 Å². The minimum Gasteiger partial charge on any atom is -0.443 e. The molecule has 1 rings (SSSR count). The summed E-state index contributed by atoms with van der Waals surface area (Å²) >= 11 is 0. The smallest absolute Gasteiger partial charge is 0.420 e. The predicted octanol–water partition coefficient (Wildman–Crippen LogP) is 4.79. The second-order valence-electron chi connectivity index (χ2n) is 7.62. The third-order valence-corrected chi connectivity index (χ3v) is 2.85. The van der Waals surface area contributed by atoms with E-state index < -0.39 is 23.4 Å². The molecule has 0 saturated heterocycles. The lowest BCUT2D eigenvalue weighted by atomic mass is 10.1. The standard InChI is InChI=1S/C19H28N2O4/c1-8-9-14-12-20-11-10-15(14)13-21(16(22)24-18(2,3)4)17(23)25-19(5,6)7/h8-12H,13H2,1-7H3. The molecule has 6 heteroatoms. The molecule has 0 aliphatic heterocycles. The van der Waals surface area contributed by atoms with Gasteiger partial charge >= 0.3 is 12.2 Å². The summed E-state index contributed by atoms with van der Waals surface area (Å²) in [4.78, 5) is 30.1. The van der Waals surface area contributed by atoms with Gasteiger partial charge in [0.15, 0.2) is 0 Å². The Morgan fingerprint density at radius 3 is 2.04 bits per heavy atom. The van der Waals surface area contributed by atoms with Gasteiger partial charge in [-0.2, -0.15) is 0 Å². The molecule has 25 heavy (non-hydrogen) atoms. The van der Waals surface area contributed by atoms with Crippen molar-refractivity contribution < 1.29 is 19.1 Å². The SMILES string of the molecule is CC=Cc1cnccc1CN(C(=O)OC(C)(C)C)C(=O)OC(C)(C)C. The van der Waals surface area contributed by atoms with Crippen LogP contribution in [0.2, 0.25) is 0 Å². The Morgan fingerprint density at radius 2 is 1.60 bits per heavy atom. The molecule has 1 aromatic heterocycles. The first-order valence-corrected chi connectivity index (χ1v) is 8.22. The van der Waals surface area contributed by atoms with E-state index in [-0.39, 0.29) is 6.54 Å². The summed E-state index contributed by atoms with van der Waals surface area (Å²) in [6.45, 7) is 12.4. The first-order chi connectivity index (χ1) is 11.4. The van der Waals surface area contributed by atoms with Crippen LogP contribution in [0.1, 0.15) is 59.6 Å². The van der Waals surface area contributed by atoms with Crippen LogP contribution in [0.15, 0.2) is 24.5 Å². The number of amides is 2. The Balaban J connectivity index is 3.14. The molecular formula is C19H28N2O4. The molecule has 0 N–H and O–H groups in total. The largest absolute Gasteiger partial charge is 0.443 e. The molecule has 0 saturated carbocycles. The topological polar surface area (TPSA) is 68.7 Å². The van der Waals surface area contributed by atoms with E-state index >= 15 is 0 Å². The molecule has 0 spiro atoms. The van der Waals surface area contributed by atoms with Crippen LogP contribution in [0.4, 0.5) is 9.59 Å². The molecule has 0 aromatic carbocycles. The average molecular weight is 348 g/mol. The van der Waals surface area contributed by atoms with Gasteiger partial charge < -0.3 is 9.47 Å². The van der Waals surface area contributed by atoms with Crippen LogP contribution in [0, 0.1) is 0 Å². The van der Waals surface area contributed by atoms with Gasteiger partial charge in [0.1, 0.15) is 11.2 Å². The summed E-state index contributed by atoms with van der Waals surface area (Å²) in [6.07, 6.45) is 5.54. The molecule has 0 aliphatic rings. The maximum atomic E-state index is 12.5. The fourth-order valence-electron chi connectivity index (χ4n) is 1.92. The Kier molecular flexibility index (Phi) is 6.73. The Bertz CT molecular complexity index is 612. The van der Waals surface area contributed by atoms with Crippen LogP contribution in [-0.2, 0) is 16.0 Å². The quantitative estimate of drug-likeness (QED) is 0.786. The molecule has 0 bridgehead atoms. The molecular weight excluding hydrogens is 320 g/mol.